The largest absolute Gasteiger partial charge is 0.365 e. The molecule has 1 aromatic heterocycles. The quantitative estimate of drug-likeness (QED) is 0.818. The second kappa shape index (κ2) is 7.45. The first kappa shape index (κ1) is 16.5. The molecule has 0 N–H and O–H groups in total. The van der Waals surface area contributed by atoms with Crippen molar-refractivity contribution in [3.63, 3.8) is 0 Å². The molecule has 1 aliphatic rings. The maximum Gasteiger partial charge on any atom is 0.248 e. The maximum atomic E-state index is 12.3. The van der Waals surface area contributed by atoms with Gasteiger partial charge in [-0.15, -0.1) is 0 Å². The van der Waals surface area contributed by atoms with Gasteiger partial charge in [-0.2, -0.15) is 0 Å². The smallest absolute Gasteiger partial charge is 0.248 e. The summed E-state index contributed by atoms with van der Waals surface area (Å²) in [6.07, 6.45) is 3.21. The van der Waals surface area contributed by atoms with Gasteiger partial charge in [-0.1, -0.05) is 6.92 Å². The van der Waals surface area contributed by atoms with Crippen molar-refractivity contribution in [1.29, 1.82) is 0 Å². The zero-order valence-corrected chi connectivity index (χ0v) is 13.6. The fraction of sp³-hybridized carbons (Fsp3) is 0.625. The lowest BCUT2D eigenvalue weighted by molar-refractivity contribution is -0.138. The van der Waals surface area contributed by atoms with Crippen LogP contribution in [0.1, 0.15) is 25.5 Å². The van der Waals surface area contributed by atoms with Crippen LogP contribution in [0.3, 0.4) is 0 Å². The molecule has 1 atom stereocenters. The van der Waals surface area contributed by atoms with Gasteiger partial charge in [-0.3, -0.25) is 9.59 Å². The fourth-order valence-electron chi connectivity index (χ4n) is 2.54. The van der Waals surface area contributed by atoms with Gasteiger partial charge in [0.25, 0.3) is 0 Å². The van der Waals surface area contributed by atoms with Gasteiger partial charge in [0.1, 0.15) is 6.61 Å². The van der Waals surface area contributed by atoms with Crippen LogP contribution >= 0.6 is 0 Å². The van der Waals surface area contributed by atoms with Crippen molar-refractivity contribution >= 4 is 11.8 Å². The summed E-state index contributed by atoms with van der Waals surface area (Å²) in [6.45, 7) is 3.85. The van der Waals surface area contributed by atoms with Gasteiger partial charge in [0, 0.05) is 39.0 Å². The van der Waals surface area contributed by atoms with Crippen molar-refractivity contribution in [1.82, 2.24) is 14.4 Å². The zero-order valence-electron chi connectivity index (χ0n) is 13.6. The first-order chi connectivity index (χ1) is 10.5. The van der Waals surface area contributed by atoms with E-state index in [-0.39, 0.29) is 24.5 Å². The Labute approximate surface area is 131 Å². The molecule has 6 heteroatoms. The highest BCUT2D eigenvalue weighted by molar-refractivity contribution is 5.77. The SMILES string of the molecule is CCCC(=O)N1Cc2cccn2C[C@H](OCC(=O)N(C)C)C1. The van der Waals surface area contributed by atoms with E-state index in [0.717, 1.165) is 12.1 Å². The van der Waals surface area contributed by atoms with E-state index in [1.54, 1.807) is 14.1 Å². The molecule has 0 unspecified atom stereocenters. The van der Waals surface area contributed by atoms with Gasteiger partial charge >= 0.3 is 0 Å². The number of amides is 2. The summed E-state index contributed by atoms with van der Waals surface area (Å²) >= 11 is 0. The molecule has 1 aliphatic heterocycles. The molecule has 0 spiro atoms. The van der Waals surface area contributed by atoms with Gasteiger partial charge in [0.15, 0.2) is 0 Å². The van der Waals surface area contributed by atoms with Crippen molar-refractivity contribution in [2.24, 2.45) is 0 Å². The van der Waals surface area contributed by atoms with Crippen LogP contribution in [0.15, 0.2) is 18.3 Å². The Morgan fingerprint density at radius 1 is 1.36 bits per heavy atom. The summed E-state index contributed by atoms with van der Waals surface area (Å²) in [7, 11) is 3.42. The minimum absolute atomic E-state index is 0.0457. The summed E-state index contributed by atoms with van der Waals surface area (Å²) < 4.78 is 7.87. The summed E-state index contributed by atoms with van der Waals surface area (Å²) in [5.74, 6) is 0.0769. The number of nitrogens with zero attached hydrogens (tertiary/aromatic N) is 3. The lowest BCUT2D eigenvalue weighted by Crippen LogP contribution is -2.38. The summed E-state index contributed by atoms with van der Waals surface area (Å²) in [5.41, 5.74) is 1.11. The normalized spacial score (nSPS) is 17.8. The Kier molecular flexibility index (Phi) is 5.60. The van der Waals surface area contributed by atoms with E-state index in [1.165, 1.54) is 4.90 Å². The van der Waals surface area contributed by atoms with Crippen LogP contribution in [0.4, 0.5) is 0 Å². The highest BCUT2D eigenvalue weighted by Crippen LogP contribution is 2.16. The Morgan fingerprint density at radius 2 is 2.14 bits per heavy atom. The standard InChI is InChI=1S/C16H25N3O3/c1-4-6-15(20)19-9-13-7-5-8-18(13)10-14(11-19)22-12-16(21)17(2)3/h5,7-8,14H,4,6,9-12H2,1-3H3/t14-/m0/s1. The van der Waals surface area contributed by atoms with Crippen molar-refractivity contribution in [3.05, 3.63) is 24.0 Å². The molecule has 6 nitrogen and oxygen atoms in total. The Morgan fingerprint density at radius 3 is 2.82 bits per heavy atom. The van der Waals surface area contributed by atoms with Crippen LogP contribution in [0.25, 0.3) is 0 Å². The van der Waals surface area contributed by atoms with Gasteiger partial charge in [-0.05, 0) is 18.6 Å². The molecule has 122 valence electrons. The minimum atomic E-state index is -0.168. The van der Waals surface area contributed by atoms with Crippen LogP contribution in [-0.2, 0) is 27.4 Å². The van der Waals surface area contributed by atoms with E-state index in [4.69, 9.17) is 4.74 Å². The average Bonchev–Trinajstić information content (AvgIpc) is 2.83. The number of fused-ring (bicyclic) bond motifs is 1. The molecule has 0 radical (unpaired) electrons. The Balaban J connectivity index is 2.06. The third-order valence-electron chi connectivity index (χ3n) is 3.86. The summed E-state index contributed by atoms with van der Waals surface area (Å²) in [4.78, 5) is 27.3. The van der Waals surface area contributed by atoms with Gasteiger partial charge in [0.05, 0.1) is 19.2 Å². The number of carbonyl (C=O) groups excluding carboxylic acids is 2. The van der Waals surface area contributed by atoms with E-state index >= 15 is 0 Å². The number of hydrogen-bond acceptors (Lipinski definition) is 3. The molecule has 0 saturated carbocycles. The topological polar surface area (TPSA) is 54.8 Å². The van der Waals surface area contributed by atoms with Gasteiger partial charge in [-0.25, -0.2) is 0 Å². The van der Waals surface area contributed by atoms with E-state index in [0.29, 0.717) is 26.1 Å². The van der Waals surface area contributed by atoms with E-state index in [2.05, 4.69) is 4.57 Å². The molecule has 0 fully saturated rings. The summed E-state index contributed by atoms with van der Waals surface area (Å²) in [6, 6.07) is 4.00. The second-order valence-corrected chi connectivity index (χ2v) is 5.90. The lowest BCUT2D eigenvalue weighted by atomic mass is 10.2. The monoisotopic (exact) mass is 307 g/mol. The first-order valence-corrected chi connectivity index (χ1v) is 7.74. The molecular formula is C16H25N3O3. The zero-order chi connectivity index (χ0) is 16.1. The van der Waals surface area contributed by atoms with Crippen LogP contribution in [0, 0.1) is 0 Å². The van der Waals surface area contributed by atoms with Crippen LogP contribution in [0.2, 0.25) is 0 Å². The third-order valence-corrected chi connectivity index (χ3v) is 3.86. The van der Waals surface area contributed by atoms with E-state index in [9.17, 15) is 9.59 Å². The fourth-order valence-corrected chi connectivity index (χ4v) is 2.54. The molecule has 2 rings (SSSR count). The molecule has 2 amide bonds. The Bertz CT molecular complexity index is 524. The van der Waals surface area contributed by atoms with Crippen molar-refractivity contribution in [2.45, 2.75) is 39.0 Å². The molecule has 1 aromatic rings. The molecule has 22 heavy (non-hydrogen) atoms. The minimum Gasteiger partial charge on any atom is -0.365 e. The number of likely N-dealkylation sites (N-methyl/N-ethyl adjacent to an activating group) is 1. The lowest BCUT2D eigenvalue weighted by Gasteiger charge is -2.24. The van der Waals surface area contributed by atoms with Gasteiger partial charge < -0.3 is 19.1 Å². The van der Waals surface area contributed by atoms with Crippen molar-refractivity contribution < 1.29 is 14.3 Å². The number of hydrogen-bond donors (Lipinski definition) is 0. The Hall–Kier alpha value is -1.82. The van der Waals surface area contributed by atoms with Crippen LogP contribution < -0.4 is 0 Å². The predicted octanol–water partition coefficient (Wildman–Crippen LogP) is 1.10. The number of aromatic nitrogens is 1. The predicted molar refractivity (Wildman–Crippen MR) is 83.2 cm³/mol. The van der Waals surface area contributed by atoms with Crippen LogP contribution in [-0.4, -0.2) is 59.5 Å². The second-order valence-electron chi connectivity index (χ2n) is 5.90. The first-order valence-electron chi connectivity index (χ1n) is 7.74. The molecule has 0 aliphatic carbocycles. The molecule has 0 aromatic carbocycles. The number of carbonyl (C=O) groups is 2. The third kappa shape index (κ3) is 4.10. The van der Waals surface area contributed by atoms with E-state index < -0.39 is 0 Å². The molecule has 0 bridgehead atoms. The molecular weight excluding hydrogens is 282 g/mol. The van der Waals surface area contributed by atoms with Gasteiger partial charge in [0.2, 0.25) is 11.8 Å². The van der Waals surface area contributed by atoms with Crippen LogP contribution in [0.5, 0.6) is 0 Å². The number of ether oxygens (including phenoxy) is 1. The van der Waals surface area contributed by atoms with E-state index in [1.807, 2.05) is 30.2 Å². The summed E-state index contributed by atoms with van der Waals surface area (Å²) in [5, 5.41) is 0. The highest BCUT2D eigenvalue weighted by Gasteiger charge is 2.25. The maximum absolute atomic E-state index is 12.3. The van der Waals surface area contributed by atoms with Crippen molar-refractivity contribution in [3.8, 4) is 0 Å². The van der Waals surface area contributed by atoms with Crippen molar-refractivity contribution in [2.75, 3.05) is 27.2 Å². The molecule has 2 heterocycles. The number of rotatable bonds is 5. The highest BCUT2D eigenvalue weighted by atomic mass is 16.5. The molecule has 0 saturated heterocycles. The average molecular weight is 307 g/mol.